The second-order valence-corrected chi connectivity index (χ2v) is 6.41. The molecule has 1 fully saturated rings. The minimum Gasteiger partial charge on any atom is -0.391 e. The van der Waals surface area contributed by atoms with Crippen molar-refractivity contribution in [1.29, 1.82) is 0 Å². The molecule has 104 valence electrons. The molecule has 1 atom stereocenters. The van der Waals surface area contributed by atoms with Gasteiger partial charge in [-0.1, -0.05) is 0 Å². The summed E-state index contributed by atoms with van der Waals surface area (Å²) in [6, 6.07) is 5.33. The number of rotatable bonds is 6. The minimum absolute atomic E-state index is 0.00453. The van der Waals surface area contributed by atoms with E-state index in [4.69, 9.17) is 5.73 Å². The molecule has 1 amide bonds. The van der Waals surface area contributed by atoms with E-state index >= 15 is 0 Å². The molecule has 0 bridgehead atoms. The summed E-state index contributed by atoms with van der Waals surface area (Å²) >= 11 is 0. The molecule has 1 aliphatic rings. The number of aliphatic hydroxyl groups excluding tert-OH is 1. The first-order valence-corrected chi connectivity index (χ1v) is 7.46. The Morgan fingerprint density at radius 2 is 1.95 bits per heavy atom. The number of aliphatic hydroxyl groups is 1. The highest BCUT2D eigenvalue weighted by molar-refractivity contribution is 7.89. The van der Waals surface area contributed by atoms with Gasteiger partial charge in [-0.05, 0) is 43.0 Å². The van der Waals surface area contributed by atoms with E-state index in [1.165, 1.54) is 24.3 Å². The van der Waals surface area contributed by atoms with Crippen LogP contribution in [0.1, 0.15) is 23.2 Å². The Kier molecular flexibility index (Phi) is 3.88. The SMILES string of the molecule is NC(=O)c1ccc(S(=O)(=O)NCC(O)C2CC2)cc1. The Bertz CT molecular complexity index is 564. The molecule has 1 unspecified atom stereocenters. The van der Waals surface area contributed by atoms with Gasteiger partial charge >= 0.3 is 0 Å². The monoisotopic (exact) mass is 284 g/mol. The molecule has 7 heteroatoms. The van der Waals surface area contributed by atoms with Gasteiger partial charge in [-0.15, -0.1) is 0 Å². The molecular formula is C12H16N2O4S. The average Bonchev–Trinajstić information content (AvgIpc) is 3.20. The van der Waals surface area contributed by atoms with Crippen molar-refractivity contribution in [2.75, 3.05) is 6.54 Å². The molecule has 0 aliphatic heterocycles. The fourth-order valence-corrected chi connectivity index (χ4v) is 2.78. The van der Waals surface area contributed by atoms with E-state index in [9.17, 15) is 18.3 Å². The zero-order valence-corrected chi connectivity index (χ0v) is 11.1. The van der Waals surface area contributed by atoms with Gasteiger partial charge in [0.15, 0.2) is 0 Å². The number of hydrogen-bond donors (Lipinski definition) is 3. The fraction of sp³-hybridized carbons (Fsp3) is 0.417. The molecule has 6 nitrogen and oxygen atoms in total. The van der Waals surface area contributed by atoms with E-state index in [0.29, 0.717) is 0 Å². The highest BCUT2D eigenvalue weighted by Crippen LogP contribution is 2.32. The second-order valence-electron chi connectivity index (χ2n) is 4.65. The number of nitrogens with two attached hydrogens (primary N) is 1. The van der Waals surface area contributed by atoms with Crippen LogP contribution in [0, 0.1) is 5.92 Å². The van der Waals surface area contributed by atoms with Gasteiger partial charge < -0.3 is 10.8 Å². The summed E-state index contributed by atoms with van der Waals surface area (Å²) in [7, 11) is -3.67. The Morgan fingerprint density at radius 3 is 2.42 bits per heavy atom. The Hall–Kier alpha value is -1.44. The van der Waals surface area contributed by atoms with Crippen molar-refractivity contribution in [3.63, 3.8) is 0 Å². The zero-order chi connectivity index (χ0) is 14.0. The summed E-state index contributed by atoms with van der Waals surface area (Å²) < 4.78 is 26.2. The van der Waals surface area contributed by atoms with Crippen LogP contribution in [-0.2, 0) is 10.0 Å². The molecule has 0 saturated heterocycles. The summed E-state index contributed by atoms with van der Waals surface area (Å²) in [5, 5.41) is 9.63. The quantitative estimate of drug-likeness (QED) is 0.674. The van der Waals surface area contributed by atoms with Gasteiger partial charge in [0.05, 0.1) is 11.0 Å². The molecule has 0 spiro atoms. The smallest absolute Gasteiger partial charge is 0.248 e. The third kappa shape index (κ3) is 3.52. The molecule has 0 heterocycles. The van der Waals surface area contributed by atoms with Crippen molar-refractivity contribution in [3.05, 3.63) is 29.8 Å². The van der Waals surface area contributed by atoms with Crippen LogP contribution in [0.3, 0.4) is 0 Å². The number of nitrogens with one attached hydrogen (secondary N) is 1. The summed E-state index contributed by atoms with van der Waals surface area (Å²) in [4.78, 5) is 10.9. The molecular weight excluding hydrogens is 268 g/mol. The van der Waals surface area contributed by atoms with Crippen molar-refractivity contribution < 1.29 is 18.3 Å². The maximum absolute atomic E-state index is 11.9. The van der Waals surface area contributed by atoms with Crippen LogP contribution in [0.5, 0.6) is 0 Å². The van der Waals surface area contributed by atoms with Crippen molar-refractivity contribution in [3.8, 4) is 0 Å². The average molecular weight is 284 g/mol. The Balaban J connectivity index is 2.03. The van der Waals surface area contributed by atoms with Crippen LogP contribution in [0.15, 0.2) is 29.2 Å². The minimum atomic E-state index is -3.67. The number of amides is 1. The molecule has 19 heavy (non-hydrogen) atoms. The van der Waals surface area contributed by atoms with E-state index in [1.54, 1.807) is 0 Å². The molecule has 4 N–H and O–H groups in total. The van der Waals surface area contributed by atoms with Gasteiger partial charge in [-0.3, -0.25) is 4.79 Å². The molecule has 1 aliphatic carbocycles. The first-order valence-electron chi connectivity index (χ1n) is 5.98. The highest BCUT2D eigenvalue weighted by Gasteiger charge is 2.30. The lowest BCUT2D eigenvalue weighted by atomic mass is 10.2. The van der Waals surface area contributed by atoms with E-state index in [0.717, 1.165) is 12.8 Å². The zero-order valence-electron chi connectivity index (χ0n) is 10.2. The van der Waals surface area contributed by atoms with Crippen LogP contribution in [0.25, 0.3) is 0 Å². The first kappa shape index (κ1) is 14.0. The molecule has 2 rings (SSSR count). The molecule has 1 aromatic carbocycles. The van der Waals surface area contributed by atoms with Gasteiger partial charge in [0.2, 0.25) is 15.9 Å². The first-order chi connectivity index (χ1) is 8.90. The number of benzene rings is 1. The third-order valence-corrected chi connectivity index (χ3v) is 4.54. The van der Waals surface area contributed by atoms with E-state index in [2.05, 4.69) is 4.72 Å². The van der Waals surface area contributed by atoms with E-state index in [1.807, 2.05) is 0 Å². The fourth-order valence-electron chi connectivity index (χ4n) is 1.72. The predicted octanol–water partition coefficient (Wildman–Crippen LogP) is -0.165. The van der Waals surface area contributed by atoms with E-state index < -0.39 is 22.0 Å². The molecule has 1 aromatic rings. The van der Waals surface area contributed by atoms with Crippen molar-refractivity contribution in [2.24, 2.45) is 11.7 Å². The number of hydrogen-bond acceptors (Lipinski definition) is 4. The summed E-state index contributed by atoms with van der Waals surface area (Å²) in [5.74, 6) is -0.402. The van der Waals surface area contributed by atoms with Gasteiger partial charge in [0.25, 0.3) is 0 Å². The maximum Gasteiger partial charge on any atom is 0.248 e. The number of carbonyl (C=O) groups is 1. The van der Waals surface area contributed by atoms with Crippen LogP contribution >= 0.6 is 0 Å². The second kappa shape index (κ2) is 5.28. The maximum atomic E-state index is 11.9. The van der Waals surface area contributed by atoms with Gasteiger partial charge in [0.1, 0.15) is 0 Å². The normalized spacial score (nSPS) is 17.1. The standard InChI is InChI=1S/C12H16N2O4S/c13-12(16)9-3-5-10(6-4-9)19(17,18)14-7-11(15)8-1-2-8/h3-6,8,11,14-15H,1-2,7H2,(H2,13,16). The third-order valence-electron chi connectivity index (χ3n) is 3.10. The summed E-state index contributed by atoms with van der Waals surface area (Å²) in [6.07, 6.45) is 1.24. The molecule has 0 radical (unpaired) electrons. The predicted molar refractivity (Wildman–Crippen MR) is 68.9 cm³/mol. The topological polar surface area (TPSA) is 109 Å². The molecule has 0 aromatic heterocycles. The van der Waals surface area contributed by atoms with Crippen molar-refractivity contribution in [1.82, 2.24) is 4.72 Å². The lowest BCUT2D eigenvalue weighted by Crippen LogP contribution is -2.33. The Morgan fingerprint density at radius 1 is 1.37 bits per heavy atom. The number of primary amides is 1. The van der Waals surface area contributed by atoms with E-state index in [-0.39, 0.29) is 22.9 Å². The van der Waals surface area contributed by atoms with Gasteiger partial charge in [-0.25, -0.2) is 13.1 Å². The molecule has 1 saturated carbocycles. The Labute approximate surface area is 111 Å². The summed E-state index contributed by atoms with van der Waals surface area (Å²) in [6.45, 7) is 0.00453. The van der Waals surface area contributed by atoms with Crippen LogP contribution < -0.4 is 10.5 Å². The highest BCUT2D eigenvalue weighted by atomic mass is 32.2. The number of carbonyl (C=O) groups excluding carboxylic acids is 1. The van der Waals surface area contributed by atoms with Crippen LogP contribution in [0.4, 0.5) is 0 Å². The summed E-state index contributed by atoms with van der Waals surface area (Å²) in [5.41, 5.74) is 5.32. The number of sulfonamides is 1. The van der Waals surface area contributed by atoms with Gasteiger partial charge in [-0.2, -0.15) is 0 Å². The van der Waals surface area contributed by atoms with Crippen molar-refractivity contribution in [2.45, 2.75) is 23.8 Å². The van der Waals surface area contributed by atoms with Gasteiger partial charge in [0, 0.05) is 12.1 Å². The van der Waals surface area contributed by atoms with Crippen LogP contribution in [0.2, 0.25) is 0 Å². The largest absolute Gasteiger partial charge is 0.391 e. The lowest BCUT2D eigenvalue weighted by Gasteiger charge is -2.11. The van der Waals surface area contributed by atoms with Crippen molar-refractivity contribution >= 4 is 15.9 Å². The van der Waals surface area contributed by atoms with Crippen LogP contribution in [-0.4, -0.2) is 32.1 Å². The lowest BCUT2D eigenvalue weighted by molar-refractivity contribution is 0.1000.